The first-order valence-corrected chi connectivity index (χ1v) is 16.8. The Bertz CT molecular complexity index is 2990. The predicted octanol–water partition coefficient (Wildman–Crippen LogP) is 13.7. The fourth-order valence-corrected chi connectivity index (χ4v) is 7.64. The highest BCUT2D eigenvalue weighted by molar-refractivity contribution is 6.15. The van der Waals surface area contributed by atoms with Gasteiger partial charge in [0.05, 0.1) is 0 Å². The van der Waals surface area contributed by atoms with Gasteiger partial charge in [-0.05, 0) is 95.4 Å². The zero-order valence-electron chi connectivity index (χ0n) is 26.8. The average Bonchev–Trinajstić information content (AvgIpc) is 3.86. The summed E-state index contributed by atoms with van der Waals surface area (Å²) >= 11 is 0. The van der Waals surface area contributed by atoms with Crippen molar-refractivity contribution in [3.8, 4) is 11.1 Å². The largest absolute Gasteiger partial charge is 0.456 e. The van der Waals surface area contributed by atoms with Gasteiger partial charge in [-0.2, -0.15) is 0 Å². The van der Waals surface area contributed by atoms with E-state index >= 15 is 0 Å². The van der Waals surface area contributed by atoms with Gasteiger partial charge in [-0.3, -0.25) is 0 Å². The monoisotopic (exact) mass is 641 g/mol. The quantitative estimate of drug-likeness (QED) is 0.192. The minimum absolute atomic E-state index is 0.871. The van der Waals surface area contributed by atoms with Crippen molar-refractivity contribution in [1.29, 1.82) is 0 Å². The Balaban J connectivity index is 1.05. The second kappa shape index (κ2) is 10.4. The topological polar surface area (TPSA) is 42.7 Å². The van der Waals surface area contributed by atoms with Crippen molar-refractivity contribution < 1.29 is 13.3 Å². The molecule has 4 nitrogen and oxygen atoms in total. The van der Waals surface area contributed by atoms with Crippen molar-refractivity contribution in [2.75, 3.05) is 4.90 Å². The third-order valence-corrected chi connectivity index (χ3v) is 10.1. The molecule has 50 heavy (non-hydrogen) atoms. The van der Waals surface area contributed by atoms with Crippen molar-refractivity contribution in [3.63, 3.8) is 0 Å². The summed E-state index contributed by atoms with van der Waals surface area (Å²) in [5, 5.41) is 8.95. The van der Waals surface area contributed by atoms with Gasteiger partial charge in [0.2, 0.25) is 0 Å². The van der Waals surface area contributed by atoms with Gasteiger partial charge in [-0.25, -0.2) is 0 Å². The Morgan fingerprint density at radius 3 is 1.50 bits per heavy atom. The summed E-state index contributed by atoms with van der Waals surface area (Å²) in [5.74, 6) is 0. The highest BCUT2D eigenvalue weighted by Crippen LogP contribution is 2.42. The van der Waals surface area contributed by atoms with Crippen LogP contribution in [-0.4, -0.2) is 0 Å². The van der Waals surface area contributed by atoms with E-state index in [4.69, 9.17) is 13.3 Å². The van der Waals surface area contributed by atoms with Crippen LogP contribution in [0.15, 0.2) is 177 Å². The molecule has 0 unspecified atom stereocenters. The third-order valence-electron chi connectivity index (χ3n) is 10.1. The van der Waals surface area contributed by atoms with Crippen LogP contribution < -0.4 is 4.90 Å². The molecule has 3 aromatic heterocycles. The van der Waals surface area contributed by atoms with Crippen molar-refractivity contribution in [1.82, 2.24) is 0 Å². The second-order valence-corrected chi connectivity index (χ2v) is 12.9. The number of benzene rings is 8. The number of furan rings is 3. The number of rotatable bonds is 4. The van der Waals surface area contributed by atoms with E-state index in [0.717, 1.165) is 99.4 Å². The van der Waals surface area contributed by atoms with E-state index in [0.29, 0.717) is 0 Å². The van der Waals surface area contributed by atoms with E-state index < -0.39 is 0 Å². The first kappa shape index (κ1) is 27.2. The van der Waals surface area contributed by atoms with Gasteiger partial charge in [-0.15, -0.1) is 0 Å². The summed E-state index contributed by atoms with van der Waals surface area (Å²) in [7, 11) is 0. The van der Waals surface area contributed by atoms with Crippen LogP contribution in [0.3, 0.4) is 0 Å². The molecule has 0 N–H and O–H groups in total. The van der Waals surface area contributed by atoms with Crippen molar-refractivity contribution in [3.05, 3.63) is 164 Å². The van der Waals surface area contributed by atoms with Gasteiger partial charge in [0.15, 0.2) is 0 Å². The highest BCUT2D eigenvalue weighted by atomic mass is 16.3. The standard InChI is InChI=1S/C46H27NO3/c1-2-8-34-29(7-1)15-22-38-37-21-16-30(25-45(37)50-46(34)38)28-13-17-31(18-14-28)47(32-19-23-43-39(26-32)35-9-3-5-11-41(35)48-43)33-20-24-44-40(27-33)36-10-4-6-12-42(36)49-44/h1-27H. The fourth-order valence-electron chi connectivity index (χ4n) is 7.64. The van der Waals surface area contributed by atoms with E-state index in [1.807, 2.05) is 24.3 Å². The van der Waals surface area contributed by atoms with Crippen LogP contribution in [0.4, 0.5) is 17.1 Å². The number of hydrogen-bond donors (Lipinski definition) is 0. The summed E-state index contributed by atoms with van der Waals surface area (Å²) in [6.07, 6.45) is 0. The van der Waals surface area contributed by atoms with Crippen molar-refractivity contribution >= 4 is 93.7 Å². The summed E-state index contributed by atoms with van der Waals surface area (Å²) in [5.41, 5.74) is 10.7. The lowest BCUT2D eigenvalue weighted by Gasteiger charge is -2.26. The second-order valence-electron chi connectivity index (χ2n) is 12.9. The molecule has 0 aliphatic rings. The number of para-hydroxylation sites is 2. The van der Waals surface area contributed by atoms with Gasteiger partial charge in [-0.1, -0.05) is 84.9 Å². The summed E-state index contributed by atoms with van der Waals surface area (Å²) in [6, 6.07) is 57.3. The van der Waals surface area contributed by atoms with Gasteiger partial charge in [0.1, 0.15) is 33.5 Å². The first-order valence-electron chi connectivity index (χ1n) is 16.8. The molecule has 11 aromatic rings. The van der Waals surface area contributed by atoms with Gasteiger partial charge < -0.3 is 18.2 Å². The predicted molar refractivity (Wildman–Crippen MR) is 206 cm³/mol. The molecule has 0 bridgehead atoms. The molecule has 0 radical (unpaired) electrons. The van der Waals surface area contributed by atoms with E-state index in [1.165, 1.54) is 5.39 Å². The van der Waals surface area contributed by atoms with E-state index in [-0.39, 0.29) is 0 Å². The fraction of sp³-hybridized carbons (Fsp3) is 0. The number of hydrogen-bond acceptors (Lipinski definition) is 4. The van der Waals surface area contributed by atoms with Crippen LogP contribution in [0.2, 0.25) is 0 Å². The van der Waals surface area contributed by atoms with Crippen molar-refractivity contribution in [2.24, 2.45) is 0 Å². The maximum Gasteiger partial charge on any atom is 0.143 e. The molecule has 0 aliphatic heterocycles. The molecule has 0 amide bonds. The Kier molecular flexibility index (Phi) is 5.63. The van der Waals surface area contributed by atoms with E-state index in [1.54, 1.807) is 0 Å². The van der Waals surface area contributed by atoms with Crippen LogP contribution >= 0.6 is 0 Å². The zero-order valence-corrected chi connectivity index (χ0v) is 26.8. The molecule has 0 spiro atoms. The maximum absolute atomic E-state index is 6.50. The zero-order chi connectivity index (χ0) is 32.8. The maximum atomic E-state index is 6.50. The van der Waals surface area contributed by atoms with Crippen LogP contribution in [0.5, 0.6) is 0 Å². The first-order chi connectivity index (χ1) is 24.7. The molecule has 0 fully saturated rings. The van der Waals surface area contributed by atoms with E-state index in [9.17, 15) is 0 Å². The van der Waals surface area contributed by atoms with Crippen molar-refractivity contribution in [2.45, 2.75) is 0 Å². The Labute approximate surface area is 286 Å². The van der Waals surface area contributed by atoms with Gasteiger partial charge >= 0.3 is 0 Å². The lowest BCUT2D eigenvalue weighted by molar-refractivity contribution is 0.668. The number of fused-ring (bicyclic) bond motifs is 11. The molecule has 0 atom stereocenters. The minimum atomic E-state index is 0.871. The highest BCUT2D eigenvalue weighted by Gasteiger charge is 2.18. The van der Waals surface area contributed by atoms with Gasteiger partial charge in [0, 0.05) is 54.8 Å². The van der Waals surface area contributed by atoms with Crippen LogP contribution in [0.25, 0.3) is 87.7 Å². The summed E-state index contributed by atoms with van der Waals surface area (Å²) in [4.78, 5) is 2.31. The molecule has 0 aliphatic carbocycles. The molecular weight excluding hydrogens is 615 g/mol. The third kappa shape index (κ3) is 4.06. The molecule has 11 rings (SSSR count). The number of nitrogens with zero attached hydrogens (tertiary/aromatic N) is 1. The SMILES string of the molecule is c1ccc2c(c1)ccc1c3ccc(-c4ccc(N(c5ccc6oc7ccccc7c6c5)c5ccc6oc7ccccc7c6c5)cc4)cc3oc21. The molecule has 0 saturated carbocycles. The summed E-state index contributed by atoms with van der Waals surface area (Å²) in [6.45, 7) is 0. The van der Waals surface area contributed by atoms with Gasteiger partial charge in [0.25, 0.3) is 0 Å². The number of anilines is 3. The minimum Gasteiger partial charge on any atom is -0.456 e. The lowest BCUT2D eigenvalue weighted by atomic mass is 10.0. The van der Waals surface area contributed by atoms with Crippen LogP contribution in [0, 0.1) is 0 Å². The van der Waals surface area contributed by atoms with E-state index in [2.05, 4.69) is 144 Å². The average molecular weight is 642 g/mol. The lowest BCUT2D eigenvalue weighted by Crippen LogP contribution is -2.09. The Morgan fingerprint density at radius 1 is 0.300 bits per heavy atom. The van der Waals surface area contributed by atoms with Crippen LogP contribution in [-0.2, 0) is 0 Å². The normalized spacial score (nSPS) is 12.0. The Hall–Kier alpha value is -6.78. The molecule has 4 heteroatoms. The Morgan fingerprint density at radius 2 is 0.820 bits per heavy atom. The molecule has 0 saturated heterocycles. The molecular formula is C46H27NO3. The molecule has 8 aromatic carbocycles. The smallest absolute Gasteiger partial charge is 0.143 e. The van der Waals surface area contributed by atoms with Crippen LogP contribution in [0.1, 0.15) is 0 Å². The summed E-state index contributed by atoms with van der Waals surface area (Å²) < 4.78 is 18.9. The molecule has 3 heterocycles. The molecule has 234 valence electrons.